The lowest BCUT2D eigenvalue weighted by atomic mass is 10.1. The van der Waals surface area contributed by atoms with Gasteiger partial charge in [-0.1, -0.05) is 6.07 Å². The van der Waals surface area contributed by atoms with Crippen LogP contribution in [0.15, 0.2) is 35.5 Å². The van der Waals surface area contributed by atoms with Crippen molar-refractivity contribution >= 4 is 11.6 Å². The molecule has 6 heteroatoms. The summed E-state index contributed by atoms with van der Waals surface area (Å²) in [5, 5.41) is 4.32. The normalized spacial score (nSPS) is 18.0. The highest BCUT2D eigenvalue weighted by Crippen LogP contribution is 2.33. The third-order valence-corrected chi connectivity index (χ3v) is 3.95. The van der Waals surface area contributed by atoms with Crippen LogP contribution in [0.3, 0.4) is 0 Å². The summed E-state index contributed by atoms with van der Waals surface area (Å²) in [6, 6.07) is 7.91. The lowest BCUT2D eigenvalue weighted by Gasteiger charge is -2.26. The molecule has 1 aromatic heterocycles. The summed E-state index contributed by atoms with van der Waals surface area (Å²) >= 11 is 0. The molecule has 6 nitrogen and oxygen atoms in total. The highest BCUT2D eigenvalue weighted by atomic mass is 16.5. The Kier molecular flexibility index (Phi) is 3.29. The van der Waals surface area contributed by atoms with E-state index in [1.807, 2.05) is 47.1 Å². The molecule has 0 bridgehead atoms. The minimum absolute atomic E-state index is 0.0748. The molecule has 1 unspecified atom stereocenters. The summed E-state index contributed by atoms with van der Waals surface area (Å²) in [6.45, 7) is 2.69. The van der Waals surface area contributed by atoms with Crippen molar-refractivity contribution in [1.29, 1.82) is 0 Å². The highest BCUT2D eigenvalue weighted by molar-refractivity contribution is 5.97. The molecule has 110 valence electrons. The van der Waals surface area contributed by atoms with Crippen LogP contribution < -0.4 is 15.4 Å². The van der Waals surface area contributed by atoms with Gasteiger partial charge in [0.15, 0.2) is 5.96 Å². The number of ether oxygens (including phenoxy) is 1. The molecule has 0 saturated carbocycles. The Balaban J connectivity index is 2.01. The Bertz CT molecular complexity index is 691. The number of nitrogens with zero attached hydrogens (tertiary/aromatic N) is 4. The predicted octanol–water partition coefficient (Wildman–Crippen LogP) is 1.61. The Morgan fingerprint density at radius 3 is 2.86 bits per heavy atom. The first-order valence-corrected chi connectivity index (χ1v) is 6.83. The van der Waals surface area contributed by atoms with Gasteiger partial charge in [-0.3, -0.25) is 9.67 Å². The molecule has 0 fully saturated rings. The van der Waals surface area contributed by atoms with Crippen molar-refractivity contribution < 1.29 is 4.74 Å². The number of aromatic nitrogens is 2. The Hall–Kier alpha value is -2.50. The van der Waals surface area contributed by atoms with Gasteiger partial charge in [-0.15, -0.1) is 0 Å². The van der Waals surface area contributed by atoms with Crippen LogP contribution in [-0.2, 0) is 7.05 Å². The maximum Gasteiger partial charge on any atom is 0.196 e. The molecular weight excluding hydrogens is 266 g/mol. The molecule has 0 aliphatic carbocycles. The van der Waals surface area contributed by atoms with E-state index in [2.05, 4.69) is 17.0 Å². The van der Waals surface area contributed by atoms with Crippen LogP contribution >= 0.6 is 0 Å². The van der Waals surface area contributed by atoms with E-state index in [-0.39, 0.29) is 6.04 Å². The number of methoxy groups -OCH3 is 1. The van der Waals surface area contributed by atoms with E-state index in [9.17, 15) is 0 Å². The van der Waals surface area contributed by atoms with Crippen molar-refractivity contribution in [3.05, 3.63) is 41.7 Å². The van der Waals surface area contributed by atoms with Crippen LogP contribution in [0.1, 0.15) is 17.3 Å². The Morgan fingerprint density at radius 1 is 1.38 bits per heavy atom. The second-order valence-corrected chi connectivity index (χ2v) is 5.10. The van der Waals surface area contributed by atoms with Crippen LogP contribution in [0, 0.1) is 6.92 Å². The van der Waals surface area contributed by atoms with Gasteiger partial charge in [-0.25, -0.2) is 0 Å². The van der Waals surface area contributed by atoms with Gasteiger partial charge in [-0.2, -0.15) is 5.10 Å². The van der Waals surface area contributed by atoms with Gasteiger partial charge >= 0.3 is 0 Å². The van der Waals surface area contributed by atoms with E-state index in [4.69, 9.17) is 10.5 Å². The zero-order valence-corrected chi connectivity index (χ0v) is 12.4. The third kappa shape index (κ3) is 2.22. The maximum atomic E-state index is 6.10. The van der Waals surface area contributed by atoms with Gasteiger partial charge in [0.1, 0.15) is 5.75 Å². The molecule has 2 heterocycles. The van der Waals surface area contributed by atoms with E-state index in [1.165, 1.54) is 0 Å². The first-order chi connectivity index (χ1) is 10.1. The zero-order chi connectivity index (χ0) is 15.0. The minimum atomic E-state index is 0.0748. The molecule has 2 N–H and O–H groups in total. The quantitative estimate of drug-likeness (QED) is 0.930. The molecule has 0 spiro atoms. The number of guanidine groups is 1. The first kappa shape index (κ1) is 13.5. The summed E-state index contributed by atoms with van der Waals surface area (Å²) in [5.41, 5.74) is 9.33. The summed E-state index contributed by atoms with van der Waals surface area (Å²) in [4.78, 5) is 6.43. The van der Waals surface area contributed by atoms with Gasteiger partial charge in [0.2, 0.25) is 0 Å². The van der Waals surface area contributed by atoms with E-state index in [0.29, 0.717) is 12.5 Å². The highest BCUT2D eigenvalue weighted by Gasteiger charge is 2.31. The molecule has 1 aromatic carbocycles. The second kappa shape index (κ2) is 5.12. The van der Waals surface area contributed by atoms with Crippen LogP contribution in [0.2, 0.25) is 0 Å². The van der Waals surface area contributed by atoms with Crippen molar-refractivity contribution in [1.82, 2.24) is 9.78 Å². The predicted molar refractivity (Wildman–Crippen MR) is 82.6 cm³/mol. The number of aliphatic imine (C=N–C) groups is 1. The lowest BCUT2D eigenvalue weighted by molar-refractivity contribution is 0.415. The van der Waals surface area contributed by atoms with Gasteiger partial charge in [0.05, 0.1) is 25.9 Å². The summed E-state index contributed by atoms with van der Waals surface area (Å²) in [6.07, 6.45) is 1.89. The van der Waals surface area contributed by atoms with Gasteiger partial charge in [0, 0.05) is 30.1 Å². The van der Waals surface area contributed by atoms with Gasteiger partial charge in [-0.05, 0) is 19.1 Å². The van der Waals surface area contributed by atoms with Crippen LogP contribution in [-0.4, -0.2) is 29.4 Å². The van der Waals surface area contributed by atoms with E-state index < -0.39 is 0 Å². The molecule has 1 aliphatic heterocycles. The fourth-order valence-corrected chi connectivity index (χ4v) is 2.65. The Labute approximate surface area is 123 Å². The van der Waals surface area contributed by atoms with E-state index in [1.54, 1.807) is 7.11 Å². The maximum absolute atomic E-state index is 6.10. The largest absolute Gasteiger partial charge is 0.497 e. The minimum Gasteiger partial charge on any atom is -0.497 e. The number of anilines is 1. The average Bonchev–Trinajstić information content (AvgIpc) is 3.03. The van der Waals surface area contributed by atoms with E-state index in [0.717, 1.165) is 22.7 Å². The lowest BCUT2D eigenvalue weighted by Crippen LogP contribution is -2.36. The summed E-state index contributed by atoms with van der Waals surface area (Å²) in [7, 11) is 3.59. The molecule has 1 aliphatic rings. The Morgan fingerprint density at radius 2 is 2.19 bits per heavy atom. The number of benzene rings is 1. The molecular formula is C15H19N5O. The zero-order valence-electron chi connectivity index (χ0n) is 12.4. The van der Waals surface area contributed by atoms with Crippen LogP contribution in [0.25, 0.3) is 0 Å². The molecule has 2 aromatic rings. The third-order valence-electron chi connectivity index (χ3n) is 3.95. The summed E-state index contributed by atoms with van der Waals surface area (Å²) < 4.78 is 7.16. The molecule has 0 amide bonds. The van der Waals surface area contributed by atoms with Gasteiger partial charge in [0.25, 0.3) is 0 Å². The van der Waals surface area contributed by atoms with Crippen LogP contribution in [0.5, 0.6) is 5.75 Å². The molecule has 0 radical (unpaired) electrons. The smallest absolute Gasteiger partial charge is 0.196 e. The fraction of sp³-hybridized carbons (Fsp3) is 0.333. The molecule has 1 atom stereocenters. The van der Waals surface area contributed by atoms with Crippen molar-refractivity contribution in [3.8, 4) is 5.75 Å². The number of nitrogens with two attached hydrogens (primary N) is 1. The van der Waals surface area contributed by atoms with Crippen molar-refractivity contribution in [3.63, 3.8) is 0 Å². The molecule has 0 saturated heterocycles. The number of rotatable bonds is 3. The molecule has 3 rings (SSSR count). The first-order valence-electron chi connectivity index (χ1n) is 6.83. The number of hydrogen-bond acceptors (Lipinski definition) is 5. The monoisotopic (exact) mass is 285 g/mol. The second-order valence-electron chi connectivity index (χ2n) is 5.10. The average molecular weight is 285 g/mol. The fourth-order valence-electron chi connectivity index (χ4n) is 2.65. The van der Waals surface area contributed by atoms with E-state index >= 15 is 0 Å². The molecule has 21 heavy (non-hydrogen) atoms. The SMILES string of the molecule is COc1cccc(N2C(N)=NCC2c2cnn(C)c2C)c1. The topological polar surface area (TPSA) is 68.7 Å². The van der Waals surface area contributed by atoms with Crippen molar-refractivity contribution in [2.45, 2.75) is 13.0 Å². The van der Waals surface area contributed by atoms with Crippen molar-refractivity contribution in [2.24, 2.45) is 17.8 Å². The number of hydrogen-bond donors (Lipinski definition) is 1. The number of aryl methyl sites for hydroxylation is 1. The van der Waals surface area contributed by atoms with Crippen LogP contribution in [0.4, 0.5) is 5.69 Å². The van der Waals surface area contributed by atoms with Gasteiger partial charge < -0.3 is 15.4 Å². The standard InChI is InChI=1S/C15H19N5O/c1-10-13(8-18-19(10)2)14-9-17-15(16)20(14)11-5-4-6-12(7-11)21-3/h4-8,14H,9H2,1-3H3,(H2,16,17). The summed E-state index contributed by atoms with van der Waals surface area (Å²) in [5.74, 6) is 1.32. The van der Waals surface area contributed by atoms with Crippen molar-refractivity contribution in [2.75, 3.05) is 18.6 Å².